The topological polar surface area (TPSA) is 43.9 Å². The number of thiophene rings is 1. The minimum Gasteiger partial charge on any atom is -0.364 e. The van der Waals surface area contributed by atoms with Gasteiger partial charge in [-0.3, -0.25) is 9.59 Å². The molecule has 1 fully saturated rings. The van der Waals surface area contributed by atoms with Crippen LogP contribution in [0.25, 0.3) is 5.57 Å². The van der Waals surface area contributed by atoms with Crippen molar-refractivity contribution in [1.29, 1.82) is 0 Å². The average molecular weight is 402 g/mol. The second-order valence-corrected chi connectivity index (χ2v) is 8.23. The zero-order chi connectivity index (χ0) is 19.1. The van der Waals surface area contributed by atoms with Crippen LogP contribution in [0.2, 0.25) is 5.02 Å². The van der Waals surface area contributed by atoms with Crippen LogP contribution >= 0.6 is 22.9 Å². The molecule has 1 saturated heterocycles. The first-order valence-electron chi connectivity index (χ1n) is 8.84. The van der Waals surface area contributed by atoms with Gasteiger partial charge in [0.05, 0.1) is 11.3 Å². The van der Waals surface area contributed by atoms with Gasteiger partial charge in [-0.15, -0.1) is 11.3 Å². The number of carbonyl (C=O) groups excluding carboxylic acids is 2. The lowest BCUT2D eigenvalue weighted by molar-refractivity contribution is -0.120. The second kappa shape index (κ2) is 7.11. The van der Waals surface area contributed by atoms with Crippen molar-refractivity contribution in [1.82, 2.24) is 9.80 Å². The number of benzene rings is 1. The molecule has 0 spiro atoms. The molecule has 27 heavy (non-hydrogen) atoms. The zero-order valence-electron chi connectivity index (χ0n) is 15.2. The summed E-state index contributed by atoms with van der Waals surface area (Å²) in [4.78, 5) is 33.0. The Morgan fingerprint density at radius 2 is 1.78 bits per heavy atom. The Bertz CT molecular complexity index is 931. The third kappa shape index (κ3) is 3.18. The molecule has 2 aromatic rings. The second-order valence-electron chi connectivity index (χ2n) is 6.87. The minimum absolute atomic E-state index is 0.270. The maximum absolute atomic E-state index is 13.4. The van der Waals surface area contributed by atoms with Crippen molar-refractivity contribution in [2.75, 3.05) is 38.1 Å². The summed E-state index contributed by atoms with van der Waals surface area (Å²) in [7, 11) is 2.06. The predicted octanol–water partition coefficient (Wildman–Crippen LogP) is 3.24. The Balaban J connectivity index is 1.78. The highest BCUT2D eigenvalue weighted by molar-refractivity contribution is 7.11. The number of halogens is 1. The molecule has 2 amide bonds. The van der Waals surface area contributed by atoms with Crippen LogP contribution in [0, 0.1) is 6.92 Å². The number of hydrogen-bond donors (Lipinski definition) is 0. The number of nitrogens with zero attached hydrogens (tertiary/aromatic N) is 3. The third-order valence-electron chi connectivity index (χ3n) is 5.06. The van der Waals surface area contributed by atoms with Gasteiger partial charge in [0.25, 0.3) is 11.8 Å². The van der Waals surface area contributed by atoms with Crippen molar-refractivity contribution >= 4 is 46.0 Å². The van der Waals surface area contributed by atoms with Gasteiger partial charge in [0, 0.05) is 36.1 Å². The maximum atomic E-state index is 13.4. The van der Waals surface area contributed by atoms with Crippen molar-refractivity contribution < 1.29 is 9.59 Å². The number of anilines is 1. The highest BCUT2D eigenvalue weighted by Gasteiger charge is 2.43. The number of hydrogen-bond acceptors (Lipinski definition) is 5. The lowest BCUT2D eigenvalue weighted by Gasteiger charge is -2.34. The molecule has 0 saturated carbocycles. The molecule has 0 atom stereocenters. The molecule has 4 rings (SSSR count). The lowest BCUT2D eigenvalue weighted by atomic mass is 10.1. The van der Waals surface area contributed by atoms with E-state index in [1.807, 2.05) is 35.4 Å². The molecule has 0 radical (unpaired) electrons. The van der Waals surface area contributed by atoms with Crippen LogP contribution in [0.4, 0.5) is 5.69 Å². The summed E-state index contributed by atoms with van der Waals surface area (Å²) in [6.07, 6.45) is 0. The number of carbonyl (C=O) groups is 2. The molecule has 3 heterocycles. The molecule has 2 aliphatic rings. The summed E-state index contributed by atoms with van der Waals surface area (Å²) in [5, 5.41) is 2.46. The van der Waals surface area contributed by atoms with E-state index in [1.165, 1.54) is 16.2 Å². The number of imide groups is 1. The summed E-state index contributed by atoms with van der Waals surface area (Å²) in [5.41, 5.74) is 2.42. The standard InChI is InChI=1S/C20H20ClN3O2S/c1-13-5-6-14(12-15(13)21)24-19(25)17(16-4-3-11-27-16)18(20(24)26)23-9-7-22(2)8-10-23/h3-6,11-12H,7-10H2,1-2H3. The number of amides is 2. The number of aryl methyl sites for hydroxylation is 1. The molecule has 1 aromatic heterocycles. The van der Waals surface area contributed by atoms with Crippen LogP contribution in [0.5, 0.6) is 0 Å². The smallest absolute Gasteiger partial charge is 0.282 e. The van der Waals surface area contributed by atoms with E-state index < -0.39 is 0 Å². The van der Waals surface area contributed by atoms with Gasteiger partial charge in [0.1, 0.15) is 5.70 Å². The van der Waals surface area contributed by atoms with Crippen LogP contribution in [-0.2, 0) is 9.59 Å². The van der Waals surface area contributed by atoms with Gasteiger partial charge >= 0.3 is 0 Å². The maximum Gasteiger partial charge on any atom is 0.282 e. The lowest BCUT2D eigenvalue weighted by Crippen LogP contribution is -2.46. The van der Waals surface area contributed by atoms with E-state index in [2.05, 4.69) is 11.9 Å². The molecule has 1 aromatic carbocycles. The van der Waals surface area contributed by atoms with Gasteiger partial charge < -0.3 is 9.80 Å². The number of piperazine rings is 1. The van der Waals surface area contributed by atoms with Crippen LogP contribution in [-0.4, -0.2) is 54.8 Å². The fourth-order valence-electron chi connectivity index (χ4n) is 3.44. The van der Waals surface area contributed by atoms with Crippen LogP contribution < -0.4 is 4.90 Å². The largest absolute Gasteiger partial charge is 0.364 e. The van der Waals surface area contributed by atoms with Crippen molar-refractivity contribution in [2.45, 2.75) is 6.92 Å². The Labute approximate surface area is 167 Å². The number of likely N-dealkylation sites (N-methyl/N-ethyl adjacent to an activating group) is 1. The molecule has 140 valence electrons. The van der Waals surface area contributed by atoms with Gasteiger partial charge in [-0.05, 0) is 43.1 Å². The normalized spacial score (nSPS) is 18.8. The molecular weight excluding hydrogens is 382 g/mol. The number of rotatable bonds is 3. The Kier molecular flexibility index (Phi) is 4.80. The van der Waals surface area contributed by atoms with Gasteiger partial charge in [-0.2, -0.15) is 0 Å². The van der Waals surface area contributed by atoms with E-state index in [4.69, 9.17) is 11.6 Å². The highest BCUT2D eigenvalue weighted by Crippen LogP contribution is 2.37. The fourth-order valence-corrected chi connectivity index (χ4v) is 4.38. The van der Waals surface area contributed by atoms with Crippen molar-refractivity contribution in [2.24, 2.45) is 0 Å². The third-order valence-corrected chi connectivity index (χ3v) is 6.35. The van der Waals surface area contributed by atoms with Gasteiger partial charge in [0.2, 0.25) is 0 Å². The summed E-state index contributed by atoms with van der Waals surface area (Å²) in [5.74, 6) is -0.552. The summed E-state index contributed by atoms with van der Waals surface area (Å²) in [6.45, 7) is 5.06. The van der Waals surface area contributed by atoms with Crippen molar-refractivity contribution in [3.8, 4) is 0 Å². The summed E-state index contributed by atoms with van der Waals surface area (Å²) < 4.78 is 0. The van der Waals surface area contributed by atoms with Gasteiger partial charge in [-0.25, -0.2) is 4.90 Å². The van der Waals surface area contributed by atoms with E-state index in [9.17, 15) is 9.59 Å². The molecule has 0 unspecified atom stereocenters. The fraction of sp³-hybridized carbons (Fsp3) is 0.300. The van der Waals surface area contributed by atoms with Gasteiger partial charge in [-0.1, -0.05) is 23.7 Å². The van der Waals surface area contributed by atoms with Crippen molar-refractivity contribution in [3.63, 3.8) is 0 Å². The van der Waals surface area contributed by atoms with E-state index in [0.717, 1.165) is 36.6 Å². The van der Waals surface area contributed by atoms with Crippen LogP contribution in [0.15, 0.2) is 41.4 Å². The van der Waals surface area contributed by atoms with Crippen LogP contribution in [0.3, 0.4) is 0 Å². The first-order valence-corrected chi connectivity index (χ1v) is 10.1. The minimum atomic E-state index is -0.281. The molecule has 0 N–H and O–H groups in total. The van der Waals surface area contributed by atoms with E-state index >= 15 is 0 Å². The molecule has 0 aliphatic carbocycles. The zero-order valence-corrected chi connectivity index (χ0v) is 16.8. The molecular formula is C20H20ClN3O2S. The Hall–Kier alpha value is -2.15. The van der Waals surface area contributed by atoms with Crippen molar-refractivity contribution in [3.05, 3.63) is 56.9 Å². The Morgan fingerprint density at radius 3 is 2.41 bits per heavy atom. The molecule has 2 aliphatic heterocycles. The van der Waals surface area contributed by atoms with Crippen LogP contribution in [0.1, 0.15) is 10.4 Å². The predicted molar refractivity (Wildman–Crippen MR) is 109 cm³/mol. The summed E-state index contributed by atoms with van der Waals surface area (Å²) in [6, 6.07) is 9.09. The van der Waals surface area contributed by atoms with E-state index in [1.54, 1.807) is 12.1 Å². The molecule has 7 heteroatoms. The van der Waals surface area contributed by atoms with E-state index in [-0.39, 0.29) is 11.8 Å². The molecule has 0 bridgehead atoms. The molecule has 5 nitrogen and oxygen atoms in total. The highest BCUT2D eigenvalue weighted by atomic mass is 35.5. The van der Waals surface area contributed by atoms with Gasteiger partial charge in [0.15, 0.2) is 0 Å². The SMILES string of the molecule is Cc1ccc(N2C(=O)C(c3cccs3)=C(N3CCN(C)CC3)C2=O)cc1Cl. The first kappa shape index (κ1) is 18.2. The average Bonchev–Trinajstić information content (AvgIpc) is 3.25. The Morgan fingerprint density at radius 1 is 1.04 bits per heavy atom. The monoisotopic (exact) mass is 401 g/mol. The first-order chi connectivity index (χ1) is 13.0. The summed E-state index contributed by atoms with van der Waals surface area (Å²) >= 11 is 7.72. The quantitative estimate of drug-likeness (QED) is 0.740. The van der Waals surface area contributed by atoms with E-state index in [0.29, 0.717) is 22.0 Å².